The van der Waals surface area contributed by atoms with Crippen LogP contribution >= 0.6 is 11.8 Å². The van der Waals surface area contributed by atoms with Crippen molar-refractivity contribution in [3.63, 3.8) is 0 Å². The molecule has 0 aromatic carbocycles. The summed E-state index contributed by atoms with van der Waals surface area (Å²) in [5.41, 5.74) is 9.99. The number of thioether (sulfide) groups is 1. The number of nitrogens with zero attached hydrogens (tertiary/aromatic N) is 6. The maximum Gasteiger partial charge on any atom is 0.340 e. The van der Waals surface area contributed by atoms with E-state index in [9.17, 15) is 89.1 Å². The number of aliphatic hydroxyl groups excluding tert-OH is 4. The number of hydrogen-bond acceptors (Lipinski definition) is 19. The topological polar surface area (TPSA) is 465 Å². The molecule has 68 heavy (non-hydrogen) atoms. The average molecular weight is 993 g/mol. The van der Waals surface area contributed by atoms with Crippen molar-refractivity contribution in [2.24, 2.45) is 23.5 Å². The van der Waals surface area contributed by atoms with Gasteiger partial charge in [-0.3, -0.25) is 58.3 Å². The van der Waals surface area contributed by atoms with Crippen molar-refractivity contribution < 1.29 is 84.3 Å². The predicted molar refractivity (Wildman–Crippen MR) is 229 cm³/mol. The first-order chi connectivity index (χ1) is 31.7. The van der Waals surface area contributed by atoms with Crippen LogP contribution in [0.3, 0.4) is 0 Å². The molecule has 0 radical (unpaired) electrons. The Morgan fingerprint density at radius 3 is 1.63 bits per heavy atom. The Morgan fingerprint density at radius 1 is 0.750 bits per heavy atom. The number of carbonyl (C=O) groups excluding carboxylic acids is 8. The van der Waals surface area contributed by atoms with Crippen molar-refractivity contribution in [1.82, 2.24) is 45.6 Å². The number of primary amides is 1. The first-order valence-electron chi connectivity index (χ1n) is 20.8. The Bertz CT molecular complexity index is 2130. The molecule has 0 spiro atoms. The maximum absolute atomic E-state index is 13.8. The van der Waals surface area contributed by atoms with Crippen LogP contribution in [0.5, 0.6) is 0 Å². The van der Waals surface area contributed by atoms with Crippen molar-refractivity contribution in [3.8, 4) is 0 Å². The van der Waals surface area contributed by atoms with Gasteiger partial charge in [-0.05, 0) is 44.6 Å². The van der Waals surface area contributed by atoms with Gasteiger partial charge in [0.1, 0.15) is 35.1 Å². The highest BCUT2D eigenvalue weighted by molar-refractivity contribution is 8.00. The van der Waals surface area contributed by atoms with Gasteiger partial charge in [0.05, 0.1) is 30.1 Å². The van der Waals surface area contributed by atoms with E-state index in [1.165, 1.54) is 13.1 Å². The molecule has 0 aliphatic carbocycles. The first kappa shape index (κ1) is 58.1. The van der Waals surface area contributed by atoms with Gasteiger partial charge in [0, 0.05) is 53.6 Å². The predicted octanol–water partition coefficient (Wildman–Crippen LogP) is -6.74. The zero-order valence-electron chi connectivity index (χ0n) is 37.4. The molecule has 1 saturated heterocycles. The molecule has 30 nitrogen and oxygen atoms in total. The second-order valence-electron chi connectivity index (χ2n) is 15.5. The fourth-order valence-electron chi connectivity index (χ4n) is 6.46. The number of carbonyl (C=O) groups is 9. The van der Waals surface area contributed by atoms with Gasteiger partial charge in [0.15, 0.2) is 6.04 Å². The van der Waals surface area contributed by atoms with Crippen LogP contribution < -0.4 is 43.9 Å². The third kappa shape index (κ3) is 16.9. The first-order valence-corrected chi connectivity index (χ1v) is 21.7. The maximum atomic E-state index is 13.8. The van der Waals surface area contributed by atoms with Gasteiger partial charge in [0.2, 0.25) is 41.4 Å². The molecule has 2 rings (SSSR count). The minimum absolute atomic E-state index is 0.0520. The molecule has 1 aliphatic heterocycles. The van der Waals surface area contributed by atoms with Gasteiger partial charge >= 0.3 is 17.7 Å². The molecule has 10 atom stereocenters. The Morgan fingerprint density at radius 2 is 1.19 bits per heavy atom. The third-order valence-corrected chi connectivity index (χ3v) is 12.0. The summed E-state index contributed by atoms with van der Waals surface area (Å²) in [5, 5.41) is 89.5. The molecule has 0 bridgehead atoms. The van der Waals surface area contributed by atoms with E-state index in [4.69, 9.17) is 11.5 Å². The standard InChI is InChI=1S/C37H60N12O18S/c1-17(51)47(65)12-5-8-20(38)30(57)40-21(9-6-13-48(66)18(2)52)31(58)41-22(10-7-14-49(67)19(3)53)32(59)42-23(16-50)33(60)44-25(35(61)62)26(54)29-27(55)28(56)34(68-29)46-15-11-24(43-36(39)63)45(4)37(46)64/h11,15,20-23,25-29,34,50,54-56,65-67H,5-10,12-14,16,38H2,1-4H3,(H2,39,63)(H,40,57)(H,41,58)(H,42,59)(H,44,60)(H,61,62)/b43-24+/t20?,21?,22?,23?,25?,26?,27-,28+,29+,34+/m0/s1. The summed E-state index contributed by atoms with van der Waals surface area (Å²) in [7, 11) is 1.21. The summed E-state index contributed by atoms with van der Waals surface area (Å²) in [4.78, 5) is 129. The monoisotopic (exact) mass is 992 g/mol. The van der Waals surface area contributed by atoms with Crippen LogP contribution in [0.15, 0.2) is 22.1 Å². The van der Waals surface area contributed by atoms with Crippen LogP contribution in [0.2, 0.25) is 0 Å². The number of aliphatic hydroxyl groups is 4. The number of rotatable bonds is 25. The number of urea groups is 1. The lowest BCUT2D eigenvalue weighted by Gasteiger charge is -2.29. The number of aliphatic carboxylic acids is 1. The number of carboxylic acid groups (broad SMARTS) is 1. The minimum atomic E-state index is -2.31. The number of amides is 9. The van der Waals surface area contributed by atoms with Gasteiger partial charge in [0.25, 0.3) is 0 Å². The van der Waals surface area contributed by atoms with Crippen LogP contribution in [0.4, 0.5) is 4.79 Å². The fraction of sp³-hybridized carbons (Fsp3) is 0.649. The quantitative estimate of drug-likeness (QED) is 0.0320. The van der Waals surface area contributed by atoms with Crippen molar-refractivity contribution in [2.75, 3.05) is 26.2 Å². The molecular formula is C37H60N12O18S. The minimum Gasteiger partial charge on any atom is -0.480 e. The van der Waals surface area contributed by atoms with E-state index in [-0.39, 0.29) is 57.2 Å². The fourth-order valence-corrected chi connectivity index (χ4v) is 8.03. The lowest BCUT2D eigenvalue weighted by Crippen LogP contribution is -2.61. The van der Waals surface area contributed by atoms with Crippen LogP contribution in [0, 0.1) is 0 Å². The zero-order valence-corrected chi connectivity index (χ0v) is 38.2. The highest BCUT2D eigenvalue weighted by atomic mass is 32.2. The van der Waals surface area contributed by atoms with Gasteiger partial charge < -0.3 is 58.3 Å². The second kappa shape index (κ2) is 27.1. The zero-order chi connectivity index (χ0) is 51.7. The average Bonchev–Trinajstić information content (AvgIpc) is 3.56. The molecule has 31 heteroatoms. The second-order valence-corrected chi connectivity index (χ2v) is 16.8. The number of carboxylic acids is 1. The van der Waals surface area contributed by atoms with E-state index < -0.39 is 131 Å². The van der Waals surface area contributed by atoms with Gasteiger partial charge in [-0.2, -0.15) is 4.99 Å². The van der Waals surface area contributed by atoms with Gasteiger partial charge in [-0.25, -0.2) is 29.6 Å². The summed E-state index contributed by atoms with van der Waals surface area (Å²) in [6.45, 7) is 1.07. The third-order valence-electron chi connectivity index (χ3n) is 10.4. The van der Waals surface area contributed by atoms with Crippen molar-refractivity contribution in [2.45, 2.75) is 118 Å². The van der Waals surface area contributed by atoms with Crippen molar-refractivity contribution >= 4 is 65.1 Å². The van der Waals surface area contributed by atoms with E-state index in [2.05, 4.69) is 20.9 Å². The molecule has 6 unspecified atom stereocenters. The summed E-state index contributed by atoms with van der Waals surface area (Å²) >= 11 is 0.545. The molecule has 1 aliphatic rings. The van der Waals surface area contributed by atoms with E-state index in [0.717, 1.165) is 36.1 Å². The van der Waals surface area contributed by atoms with E-state index in [1.807, 2.05) is 5.32 Å². The Balaban J connectivity index is 2.35. The smallest absolute Gasteiger partial charge is 0.340 e. The van der Waals surface area contributed by atoms with Gasteiger partial charge in [-0.1, -0.05) is 0 Å². The van der Waals surface area contributed by atoms with E-state index in [1.54, 1.807) is 0 Å². The largest absolute Gasteiger partial charge is 0.480 e. The van der Waals surface area contributed by atoms with Crippen LogP contribution in [0.1, 0.15) is 64.7 Å². The number of hydroxylamine groups is 6. The van der Waals surface area contributed by atoms with E-state index >= 15 is 0 Å². The number of hydrogen-bond donors (Lipinski definition) is 14. The van der Waals surface area contributed by atoms with Crippen LogP contribution in [-0.2, 0) is 45.4 Å². The Hall–Kier alpha value is -6.06. The molecule has 16 N–H and O–H groups in total. The molecule has 9 amide bonds. The SMILES string of the molecule is CC(=O)N(O)CCCC(N)C(=O)NC(CCCN(O)C(C)=O)C(=O)NC(CCCN(O)C(C)=O)C(=O)NC(CO)C(=O)NC(C(=O)O)C(O)[C@H]1S[C@@H](n2cc/c(=N\C(N)=O)n(C)c2=O)[C@H](O)[C@@H]1O. The van der Waals surface area contributed by atoms with Gasteiger partial charge in [-0.15, -0.1) is 11.8 Å². The molecule has 1 aromatic rings. The number of nitrogens with two attached hydrogens (primary N) is 2. The molecule has 0 saturated carbocycles. The Kier molecular flexibility index (Phi) is 23.1. The van der Waals surface area contributed by atoms with Crippen molar-refractivity contribution in [3.05, 3.63) is 28.2 Å². The summed E-state index contributed by atoms with van der Waals surface area (Å²) in [6, 6.07) is -8.79. The summed E-state index contributed by atoms with van der Waals surface area (Å²) < 4.78 is 1.78. The van der Waals surface area contributed by atoms with Crippen LogP contribution in [-0.4, -0.2) is 199 Å². The molecular weight excluding hydrogens is 933 g/mol. The normalized spacial score (nSPS) is 19.6. The van der Waals surface area contributed by atoms with Crippen LogP contribution in [0.25, 0.3) is 0 Å². The number of aromatic nitrogens is 2. The summed E-state index contributed by atoms with van der Waals surface area (Å²) in [6.07, 6.45) is -5.91. The molecule has 1 aromatic heterocycles. The summed E-state index contributed by atoms with van der Waals surface area (Å²) in [5.74, 6) is -8.71. The molecule has 1 fully saturated rings. The molecule has 382 valence electrons. The highest BCUT2D eigenvalue weighted by Gasteiger charge is 2.50. The Labute approximate surface area is 390 Å². The number of nitrogens with one attached hydrogen (secondary N) is 4. The van der Waals surface area contributed by atoms with Crippen molar-refractivity contribution in [1.29, 1.82) is 0 Å². The molecule has 2 heterocycles. The highest BCUT2D eigenvalue weighted by Crippen LogP contribution is 2.43. The lowest BCUT2D eigenvalue weighted by atomic mass is 10.00. The van der Waals surface area contributed by atoms with E-state index in [0.29, 0.717) is 27.0 Å². The lowest BCUT2D eigenvalue weighted by molar-refractivity contribution is -0.163.